The SMILES string of the molecule is O=C(CCc1ccc2c(c1)OCO2)NCC(O)CO. The van der Waals surface area contributed by atoms with Crippen LogP contribution in [-0.2, 0) is 11.2 Å². The van der Waals surface area contributed by atoms with Crippen LogP contribution >= 0.6 is 0 Å². The number of aliphatic hydroxyl groups is 2. The zero-order valence-corrected chi connectivity index (χ0v) is 10.5. The fourth-order valence-corrected chi connectivity index (χ4v) is 1.74. The Bertz CT molecular complexity index is 449. The van der Waals surface area contributed by atoms with Crippen LogP contribution in [0.25, 0.3) is 0 Å². The van der Waals surface area contributed by atoms with Crippen molar-refractivity contribution in [2.24, 2.45) is 0 Å². The van der Waals surface area contributed by atoms with Crippen LogP contribution in [0.4, 0.5) is 0 Å². The second-order valence-electron chi connectivity index (χ2n) is 4.33. The minimum absolute atomic E-state index is 0.0659. The molecule has 1 aliphatic heterocycles. The highest BCUT2D eigenvalue weighted by Gasteiger charge is 2.13. The standard InChI is InChI=1S/C13H17NO5/c15-7-10(16)6-14-13(17)4-2-9-1-3-11-12(5-9)19-8-18-11/h1,3,5,10,15-16H,2,4,6-8H2,(H,14,17). The Morgan fingerprint density at radius 2 is 2.16 bits per heavy atom. The maximum atomic E-state index is 11.5. The predicted molar refractivity (Wildman–Crippen MR) is 67.0 cm³/mol. The first-order chi connectivity index (χ1) is 9.19. The van der Waals surface area contributed by atoms with Crippen molar-refractivity contribution in [1.29, 1.82) is 0 Å². The Morgan fingerprint density at radius 1 is 1.37 bits per heavy atom. The van der Waals surface area contributed by atoms with Gasteiger partial charge in [0.15, 0.2) is 11.5 Å². The van der Waals surface area contributed by atoms with Gasteiger partial charge in [-0.15, -0.1) is 0 Å². The van der Waals surface area contributed by atoms with E-state index in [0.717, 1.165) is 11.3 Å². The zero-order valence-electron chi connectivity index (χ0n) is 10.5. The number of carbonyl (C=O) groups excluding carboxylic acids is 1. The van der Waals surface area contributed by atoms with Gasteiger partial charge in [-0.3, -0.25) is 4.79 Å². The lowest BCUT2D eigenvalue weighted by Gasteiger charge is -2.09. The van der Waals surface area contributed by atoms with Crippen molar-refractivity contribution in [1.82, 2.24) is 5.32 Å². The average molecular weight is 267 g/mol. The second-order valence-corrected chi connectivity index (χ2v) is 4.33. The molecule has 6 nitrogen and oxygen atoms in total. The van der Waals surface area contributed by atoms with E-state index in [4.69, 9.17) is 19.7 Å². The normalized spacial score (nSPS) is 14.2. The van der Waals surface area contributed by atoms with Gasteiger partial charge in [0.2, 0.25) is 12.7 Å². The number of benzene rings is 1. The summed E-state index contributed by atoms with van der Waals surface area (Å²) < 4.78 is 10.5. The van der Waals surface area contributed by atoms with Gasteiger partial charge in [-0.25, -0.2) is 0 Å². The first-order valence-corrected chi connectivity index (χ1v) is 6.13. The molecular weight excluding hydrogens is 250 g/mol. The third-order valence-corrected chi connectivity index (χ3v) is 2.82. The van der Waals surface area contributed by atoms with E-state index >= 15 is 0 Å². The van der Waals surface area contributed by atoms with Crippen molar-refractivity contribution < 1.29 is 24.5 Å². The molecule has 1 aromatic carbocycles. The van der Waals surface area contributed by atoms with Crippen LogP contribution in [0, 0.1) is 0 Å². The zero-order chi connectivity index (χ0) is 13.7. The van der Waals surface area contributed by atoms with E-state index in [1.807, 2.05) is 18.2 Å². The van der Waals surface area contributed by atoms with Gasteiger partial charge in [0, 0.05) is 13.0 Å². The number of fused-ring (bicyclic) bond motifs is 1. The minimum atomic E-state index is -0.908. The molecule has 1 aliphatic rings. The summed E-state index contributed by atoms with van der Waals surface area (Å²) in [6.07, 6.45) is -0.00958. The number of aliphatic hydroxyl groups excluding tert-OH is 2. The summed E-state index contributed by atoms with van der Waals surface area (Å²) in [5.74, 6) is 1.26. The van der Waals surface area contributed by atoms with Gasteiger partial charge in [0.1, 0.15) is 0 Å². The molecule has 0 saturated carbocycles. The summed E-state index contributed by atoms with van der Waals surface area (Å²) in [6, 6.07) is 5.58. The molecule has 0 spiro atoms. The molecule has 0 aromatic heterocycles. The molecule has 0 saturated heterocycles. The molecule has 0 bridgehead atoms. The average Bonchev–Trinajstić information content (AvgIpc) is 2.89. The van der Waals surface area contributed by atoms with E-state index in [-0.39, 0.29) is 25.9 Å². The highest BCUT2D eigenvalue weighted by molar-refractivity contribution is 5.76. The van der Waals surface area contributed by atoms with Gasteiger partial charge < -0.3 is 25.0 Å². The number of carbonyl (C=O) groups is 1. The van der Waals surface area contributed by atoms with Crippen molar-refractivity contribution >= 4 is 5.91 Å². The molecule has 0 fully saturated rings. The highest BCUT2D eigenvalue weighted by Crippen LogP contribution is 2.32. The lowest BCUT2D eigenvalue weighted by atomic mass is 10.1. The van der Waals surface area contributed by atoms with Crippen LogP contribution in [0.15, 0.2) is 18.2 Å². The molecule has 1 amide bonds. The molecule has 1 aromatic rings. The van der Waals surface area contributed by atoms with Crippen LogP contribution < -0.4 is 14.8 Å². The maximum Gasteiger partial charge on any atom is 0.231 e. The smallest absolute Gasteiger partial charge is 0.231 e. The molecule has 0 aliphatic carbocycles. The van der Waals surface area contributed by atoms with Crippen molar-refractivity contribution in [3.63, 3.8) is 0 Å². The lowest BCUT2D eigenvalue weighted by Crippen LogP contribution is -2.33. The molecule has 1 atom stereocenters. The summed E-state index contributed by atoms with van der Waals surface area (Å²) in [4.78, 5) is 11.5. The number of ether oxygens (including phenoxy) is 2. The lowest BCUT2D eigenvalue weighted by molar-refractivity contribution is -0.121. The Labute approximate surface area is 111 Å². The predicted octanol–water partition coefficient (Wildman–Crippen LogP) is -0.183. The molecule has 104 valence electrons. The van der Waals surface area contributed by atoms with Crippen molar-refractivity contribution in [3.8, 4) is 11.5 Å². The fourth-order valence-electron chi connectivity index (χ4n) is 1.74. The Morgan fingerprint density at radius 3 is 2.95 bits per heavy atom. The first kappa shape index (κ1) is 13.6. The van der Waals surface area contributed by atoms with Crippen LogP contribution in [-0.4, -0.2) is 42.2 Å². The molecule has 1 heterocycles. The van der Waals surface area contributed by atoms with Crippen molar-refractivity contribution in [3.05, 3.63) is 23.8 Å². The Kier molecular flexibility index (Phi) is 4.59. The van der Waals surface area contributed by atoms with Gasteiger partial charge >= 0.3 is 0 Å². The molecule has 19 heavy (non-hydrogen) atoms. The van der Waals surface area contributed by atoms with E-state index in [1.54, 1.807) is 0 Å². The fraction of sp³-hybridized carbons (Fsp3) is 0.462. The van der Waals surface area contributed by atoms with E-state index in [0.29, 0.717) is 18.6 Å². The van der Waals surface area contributed by atoms with Crippen LogP contribution in [0.5, 0.6) is 11.5 Å². The second kappa shape index (κ2) is 6.40. The van der Waals surface area contributed by atoms with E-state index in [1.165, 1.54) is 0 Å². The number of hydrogen-bond acceptors (Lipinski definition) is 5. The Hall–Kier alpha value is -1.79. The molecule has 6 heteroatoms. The molecule has 2 rings (SSSR count). The number of nitrogens with one attached hydrogen (secondary N) is 1. The molecule has 3 N–H and O–H groups in total. The summed E-state index contributed by atoms with van der Waals surface area (Å²) in [5.41, 5.74) is 0.988. The summed E-state index contributed by atoms with van der Waals surface area (Å²) in [6.45, 7) is -0.0583. The van der Waals surface area contributed by atoms with Crippen LogP contribution in [0.2, 0.25) is 0 Å². The number of amides is 1. The number of aryl methyl sites for hydroxylation is 1. The molecular formula is C13H17NO5. The summed E-state index contributed by atoms with van der Waals surface area (Å²) in [7, 11) is 0. The van der Waals surface area contributed by atoms with Gasteiger partial charge in [0.05, 0.1) is 12.7 Å². The monoisotopic (exact) mass is 267 g/mol. The summed E-state index contributed by atoms with van der Waals surface area (Å²) >= 11 is 0. The molecule has 0 radical (unpaired) electrons. The topological polar surface area (TPSA) is 88.0 Å². The third-order valence-electron chi connectivity index (χ3n) is 2.82. The van der Waals surface area contributed by atoms with Gasteiger partial charge in [-0.2, -0.15) is 0 Å². The number of rotatable bonds is 6. The first-order valence-electron chi connectivity index (χ1n) is 6.13. The van der Waals surface area contributed by atoms with Gasteiger partial charge in [0.25, 0.3) is 0 Å². The van der Waals surface area contributed by atoms with E-state index in [9.17, 15) is 4.79 Å². The van der Waals surface area contributed by atoms with E-state index < -0.39 is 6.10 Å². The third kappa shape index (κ3) is 3.84. The van der Waals surface area contributed by atoms with Gasteiger partial charge in [-0.1, -0.05) is 6.07 Å². The number of hydrogen-bond donors (Lipinski definition) is 3. The van der Waals surface area contributed by atoms with Crippen molar-refractivity contribution in [2.45, 2.75) is 18.9 Å². The van der Waals surface area contributed by atoms with Crippen molar-refractivity contribution in [2.75, 3.05) is 19.9 Å². The highest BCUT2D eigenvalue weighted by atomic mass is 16.7. The Balaban J connectivity index is 1.77. The maximum absolute atomic E-state index is 11.5. The van der Waals surface area contributed by atoms with Crippen LogP contribution in [0.1, 0.15) is 12.0 Å². The largest absolute Gasteiger partial charge is 0.454 e. The quantitative estimate of drug-likeness (QED) is 0.665. The van der Waals surface area contributed by atoms with Crippen LogP contribution in [0.3, 0.4) is 0 Å². The van der Waals surface area contributed by atoms with Gasteiger partial charge in [-0.05, 0) is 24.1 Å². The molecule has 1 unspecified atom stereocenters. The summed E-state index contributed by atoms with van der Waals surface area (Å²) in [5, 5.41) is 20.3. The minimum Gasteiger partial charge on any atom is -0.454 e. The van der Waals surface area contributed by atoms with E-state index in [2.05, 4.69) is 5.32 Å².